The van der Waals surface area contributed by atoms with E-state index in [1.807, 2.05) is 12.2 Å². The zero-order valence-electron chi connectivity index (χ0n) is 19.9. The molecular weight excluding hydrogens is 403 g/mol. The number of hydrogen-bond donors (Lipinski definition) is 3. The summed E-state index contributed by atoms with van der Waals surface area (Å²) in [5.74, 6) is -2.17. The summed E-state index contributed by atoms with van der Waals surface area (Å²) in [6.45, 7) is -0.449. The van der Waals surface area contributed by atoms with Gasteiger partial charge in [0.1, 0.15) is 12.0 Å². The lowest BCUT2D eigenvalue weighted by Gasteiger charge is -2.13. The molecule has 0 bridgehead atoms. The third-order valence-corrected chi connectivity index (χ3v) is 5.29. The van der Waals surface area contributed by atoms with Crippen molar-refractivity contribution < 1.29 is 18.1 Å². The Balaban J connectivity index is 1.76. The molecule has 4 rings (SSSR count). The third-order valence-electron chi connectivity index (χ3n) is 5.29. The molecule has 10 heteroatoms. The maximum Gasteiger partial charge on any atom is 0.262 e. The number of anilines is 3. The SMILES string of the molecule is [2H]C([2H])([2H])NC(=O)c1cnc(NC(=O)[C@@H]2C[C@H]2F)cc1Nc1cn(C)c2ccn(CC)c(=O)c12. The molecule has 0 aliphatic heterocycles. The van der Waals surface area contributed by atoms with E-state index in [-0.39, 0.29) is 29.0 Å². The number of nitrogens with one attached hydrogen (secondary N) is 3. The zero-order valence-corrected chi connectivity index (χ0v) is 16.9. The summed E-state index contributed by atoms with van der Waals surface area (Å²) >= 11 is 0. The molecule has 1 aliphatic carbocycles. The van der Waals surface area contributed by atoms with Crippen LogP contribution >= 0.6 is 0 Å². The minimum atomic E-state index is -2.74. The number of carbonyl (C=O) groups excluding carboxylic acids is 2. The van der Waals surface area contributed by atoms with Crippen molar-refractivity contribution in [2.24, 2.45) is 13.0 Å². The summed E-state index contributed by atoms with van der Waals surface area (Å²) in [6.07, 6.45) is 3.39. The molecule has 0 spiro atoms. The second kappa shape index (κ2) is 7.86. The van der Waals surface area contributed by atoms with Gasteiger partial charge in [-0.2, -0.15) is 0 Å². The highest BCUT2D eigenvalue weighted by Gasteiger charge is 2.43. The molecule has 0 unspecified atom stereocenters. The molecule has 0 aromatic carbocycles. The van der Waals surface area contributed by atoms with Gasteiger partial charge in [-0.15, -0.1) is 0 Å². The minimum Gasteiger partial charge on any atom is -0.355 e. The van der Waals surface area contributed by atoms with E-state index < -0.39 is 30.9 Å². The van der Waals surface area contributed by atoms with Crippen molar-refractivity contribution in [2.45, 2.75) is 26.1 Å². The second-order valence-electron chi connectivity index (χ2n) is 7.36. The summed E-state index contributed by atoms with van der Waals surface area (Å²) in [5, 5.41) is 7.79. The van der Waals surface area contributed by atoms with Gasteiger partial charge in [0, 0.05) is 49.3 Å². The molecule has 2 amide bonds. The molecule has 0 radical (unpaired) electrons. The second-order valence-corrected chi connectivity index (χ2v) is 7.36. The van der Waals surface area contributed by atoms with Gasteiger partial charge in [-0.3, -0.25) is 14.4 Å². The Morgan fingerprint density at radius 2 is 2.16 bits per heavy atom. The van der Waals surface area contributed by atoms with Crippen molar-refractivity contribution in [3.05, 3.63) is 46.6 Å². The lowest BCUT2D eigenvalue weighted by molar-refractivity contribution is -0.117. The summed E-state index contributed by atoms with van der Waals surface area (Å²) in [7, 11) is 1.76. The molecule has 3 aromatic heterocycles. The molecule has 3 aromatic rings. The average Bonchev–Trinajstić information content (AvgIpc) is 3.40. The van der Waals surface area contributed by atoms with E-state index in [0.29, 0.717) is 23.1 Å². The number of carbonyl (C=O) groups is 2. The highest BCUT2D eigenvalue weighted by molar-refractivity contribution is 6.03. The van der Waals surface area contributed by atoms with Crippen molar-refractivity contribution in [1.82, 2.24) is 19.4 Å². The Kier molecular flexibility index (Phi) is 4.32. The van der Waals surface area contributed by atoms with E-state index in [1.165, 1.54) is 10.6 Å². The number of nitrogens with zero attached hydrogens (tertiary/aromatic N) is 3. The number of aromatic nitrogens is 3. The minimum absolute atomic E-state index is 0.0447. The van der Waals surface area contributed by atoms with E-state index in [2.05, 4.69) is 15.6 Å². The Bertz CT molecular complexity index is 1350. The number of fused-ring (bicyclic) bond motifs is 1. The maximum absolute atomic E-state index is 13.2. The van der Waals surface area contributed by atoms with Crippen LogP contribution in [-0.2, 0) is 18.4 Å². The van der Waals surface area contributed by atoms with Crippen LogP contribution in [0.4, 0.5) is 21.6 Å². The predicted octanol–water partition coefficient (Wildman–Crippen LogP) is 2.15. The number of hydrogen-bond acceptors (Lipinski definition) is 5. The van der Waals surface area contributed by atoms with Crippen LogP contribution in [0.3, 0.4) is 0 Å². The Morgan fingerprint density at radius 1 is 1.39 bits per heavy atom. The molecular formula is C21H23FN6O3. The smallest absolute Gasteiger partial charge is 0.262 e. The average molecular weight is 429 g/mol. The molecule has 9 nitrogen and oxygen atoms in total. The Labute approximate surface area is 181 Å². The van der Waals surface area contributed by atoms with E-state index in [4.69, 9.17) is 4.11 Å². The van der Waals surface area contributed by atoms with Crippen LogP contribution in [0, 0.1) is 5.92 Å². The lowest BCUT2D eigenvalue weighted by atomic mass is 10.2. The number of pyridine rings is 2. The lowest BCUT2D eigenvalue weighted by Crippen LogP contribution is -2.21. The van der Waals surface area contributed by atoms with E-state index in [9.17, 15) is 18.8 Å². The zero-order chi connectivity index (χ0) is 24.8. The Morgan fingerprint density at radius 3 is 2.84 bits per heavy atom. The Hall–Kier alpha value is -3.69. The first-order chi connectivity index (χ1) is 16.0. The van der Waals surface area contributed by atoms with Crippen molar-refractivity contribution >= 4 is 39.9 Å². The van der Waals surface area contributed by atoms with Gasteiger partial charge < -0.3 is 25.1 Å². The first-order valence-corrected chi connectivity index (χ1v) is 9.71. The summed E-state index contributed by atoms with van der Waals surface area (Å²) in [5.41, 5.74) is 0.770. The molecule has 3 heterocycles. The molecule has 0 saturated heterocycles. The predicted molar refractivity (Wildman–Crippen MR) is 115 cm³/mol. The van der Waals surface area contributed by atoms with Gasteiger partial charge in [0.15, 0.2) is 0 Å². The fraction of sp³-hybridized carbons (Fsp3) is 0.333. The third kappa shape index (κ3) is 3.76. The van der Waals surface area contributed by atoms with Crippen molar-refractivity contribution in [2.75, 3.05) is 17.6 Å². The van der Waals surface area contributed by atoms with Gasteiger partial charge in [-0.25, -0.2) is 9.37 Å². The number of alkyl halides is 1. The highest BCUT2D eigenvalue weighted by atomic mass is 19.1. The normalized spacial score (nSPS) is 19.3. The van der Waals surface area contributed by atoms with Gasteiger partial charge in [-0.1, -0.05) is 0 Å². The first kappa shape index (κ1) is 17.0. The molecule has 31 heavy (non-hydrogen) atoms. The van der Waals surface area contributed by atoms with Gasteiger partial charge >= 0.3 is 0 Å². The summed E-state index contributed by atoms with van der Waals surface area (Å²) in [6, 6.07) is 3.12. The van der Waals surface area contributed by atoms with Crippen molar-refractivity contribution in [3.63, 3.8) is 0 Å². The van der Waals surface area contributed by atoms with Gasteiger partial charge in [0.05, 0.1) is 33.8 Å². The fourth-order valence-electron chi connectivity index (χ4n) is 3.46. The number of aryl methyl sites for hydroxylation is 2. The topological polar surface area (TPSA) is 110 Å². The van der Waals surface area contributed by atoms with E-state index >= 15 is 0 Å². The molecule has 1 fully saturated rings. The van der Waals surface area contributed by atoms with Gasteiger partial charge in [0.2, 0.25) is 5.91 Å². The summed E-state index contributed by atoms with van der Waals surface area (Å²) in [4.78, 5) is 41.8. The van der Waals surface area contributed by atoms with Crippen molar-refractivity contribution in [1.29, 1.82) is 0 Å². The molecule has 162 valence electrons. The fourth-order valence-corrected chi connectivity index (χ4v) is 3.46. The number of halogens is 1. The molecule has 1 saturated carbocycles. The standard InChI is InChI=1S/C21H23FN6O3/c1-4-28-6-5-16-18(21(28)31)15(10-27(16)3)25-14-8-17(24-9-12(14)19(29)23-2)26-20(30)11-7-13(11)22/h5-6,8-11,13H,4,7H2,1-3H3,(H,23,29)(H2,24,25,26,30)/t11-,13-/m1/s1/i2D3. The van der Waals surface area contributed by atoms with Crippen LogP contribution in [0.25, 0.3) is 10.9 Å². The van der Waals surface area contributed by atoms with Gasteiger partial charge in [-0.05, 0) is 19.4 Å². The van der Waals surface area contributed by atoms with Crippen LogP contribution in [0.2, 0.25) is 0 Å². The summed E-state index contributed by atoms with van der Waals surface area (Å²) < 4.78 is 38.4. The highest BCUT2D eigenvalue weighted by Crippen LogP contribution is 2.35. The largest absolute Gasteiger partial charge is 0.355 e. The number of rotatable bonds is 6. The van der Waals surface area contributed by atoms with Crippen LogP contribution < -0.4 is 21.5 Å². The molecule has 3 N–H and O–H groups in total. The van der Waals surface area contributed by atoms with Crippen LogP contribution in [0.5, 0.6) is 0 Å². The molecule has 1 aliphatic rings. The van der Waals surface area contributed by atoms with E-state index in [0.717, 1.165) is 6.20 Å². The molecule has 2 atom stereocenters. The van der Waals surface area contributed by atoms with Crippen LogP contribution in [0.1, 0.15) is 27.8 Å². The van der Waals surface area contributed by atoms with Gasteiger partial charge in [0.25, 0.3) is 11.5 Å². The van der Waals surface area contributed by atoms with Crippen molar-refractivity contribution in [3.8, 4) is 0 Å². The van der Waals surface area contributed by atoms with E-state index in [1.54, 1.807) is 30.1 Å². The van der Waals surface area contributed by atoms with Crippen LogP contribution in [0.15, 0.2) is 35.5 Å². The first-order valence-electron chi connectivity index (χ1n) is 11.2. The van der Waals surface area contributed by atoms with Crippen LogP contribution in [-0.4, -0.2) is 39.1 Å². The quantitative estimate of drug-likeness (QED) is 0.556. The number of amides is 2. The maximum atomic E-state index is 13.2. The monoisotopic (exact) mass is 429 g/mol.